The molecule has 0 spiro atoms. The van der Waals surface area contributed by atoms with Gasteiger partial charge >= 0.3 is 5.97 Å². The van der Waals surface area contributed by atoms with Gasteiger partial charge in [-0.1, -0.05) is 0 Å². The number of nitrogens with one attached hydrogen (secondary N) is 1. The van der Waals surface area contributed by atoms with Gasteiger partial charge in [-0.3, -0.25) is 9.59 Å². The number of carboxylic acid groups (broad SMARTS) is 1. The maximum Gasteiger partial charge on any atom is 0.322 e. The molecule has 0 bridgehead atoms. The summed E-state index contributed by atoms with van der Waals surface area (Å²) in [6.45, 7) is 1.40. The lowest BCUT2D eigenvalue weighted by Gasteiger charge is -2.28. The van der Waals surface area contributed by atoms with Crippen LogP contribution in [0.3, 0.4) is 0 Å². The summed E-state index contributed by atoms with van der Waals surface area (Å²) in [4.78, 5) is 22.1. The van der Waals surface area contributed by atoms with Crippen LogP contribution in [0.15, 0.2) is 0 Å². The molecule has 2 N–H and O–H groups in total. The van der Waals surface area contributed by atoms with Gasteiger partial charge in [0.1, 0.15) is 6.04 Å². The fourth-order valence-corrected chi connectivity index (χ4v) is 1.03. The first-order chi connectivity index (χ1) is 5.24. The molecule has 0 unspecified atom stereocenters. The van der Waals surface area contributed by atoms with Crippen molar-refractivity contribution in [2.24, 2.45) is 0 Å². The zero-order valence-corrected chi connectivity index (χ0v) is 5.99. The largest absolute Gasteiger partial charge is 0.480 e. The normalized spacial score (nSPS) is 24.7. The number of aliphatic carboxylic acids is 1. The number of hydrogen-bond donors (Lipinski definition) is 2. The molecule has 0 aromatic carbocycles. The maximum absolute atomic E-state index is 10.4. The van der Waals surface area contributed by atoms with Crippen molar-refractivity contribution in [3.63, 3.8) is 0 Å². The van der Waals surface area contributed by atoms with E-state index in [9.17, 15) is 9.59 Å². The molecule has 5 nitrogen and oxygen atoms in total. The molecule has 1 amide bonds. The predicted octanol–water partition coefficient (Wildman–Crippen LogP) is -1.50. The molecule has 0 aromatic heterocycles. The van der Waals surface area contributed by atoms with Crippen molar-refractivity contribution in [2.45, 2.75) is 6.04 Å². The van der Waals surface area contributed by atoms with Gasteiger partial charge in [0.25, 0.3) is 0 Å². The topological polar surface area (TPSA) is 69.6 Å². The summed E-state index contributed by atoms with van der Waals surface area (Å²) >= 11 is 0. The lowest BCUT2D eigenvalue weighted by molar-refractivity contribution is -0.141. The molecule has 5 heteroatoms. The Morgan fingerprint density at radius 3 is 3.00 bits per heavy atom. The van der Waals surface area contributed by atoms with Gasteiger partial charge in [-0.25, -0.2) is 0 Å². The molecule has 1 fully saturated rings. The van der Waals surface area contributed by atoms with Crippen molar-refractivity contribution in [3.8, 4) is 0 Å². The van der Waals surface area contributed by atoms with E-state index >= 15 is 0 Å². The quantitative estimate of drug-likeness (QED) is 0.480. The number of carbonyl (C=O) groups is 2. The minimum Gasteiger partial charge on any atom is -0.480 e. The lowest BCUT2D eigenvalue weighted by Crippen LogP contribution is -2.53. The van der Waals surface area contributed by atoms with Crippen molar-refractivity contribution < 1.29 is 14.7 Å². The molecule has 11 heavy (non-hydrogen) atoms. The molecule has 1 heterocycles. The smallest absolute Gasteiger partial charge is 0.322 e. The number of rotatable bonds is 2. The summed E-state index contributed by atoms with van der Waals surface area (Å²) in [6, 6.07) is -0.603. The van der Waals surface area contributed by atoms with Crippen molar-refractivity contribution >= 4 is 12.4 Å². The molecule has 62 valence electrons. The molecule has 0 radical (unpaired) electrons. The van der Waals surface area contributed by atoms with Crippen molar-refractivity contribution in [1.82, 2.24) is 10.2 Å². The fourth-order valence-electron chi connectivity index (χ4n) is 1.03. The second kappa shape index (κ2) is 3.34. The van der Waals surface area contributed by atoms with E-state index in [0.29, 0.717) is 19.5 Å². The highest BCUT2D eigenvalue weighted by atomic mass is 16.4. The standard InChI is InChI=1S/C6H10N2O3/c9-4-8-2-1-7-5(3-8)6(10)11/h4-5,7H,1-3H2,(H,10,11)/t5-/m0/s1. The van der Waals surface area contributed by atoms with Gasteiger partial charge in [0.05, 0.1) is 0 Å². The number of hydrogen-bond acceptors (Lipinski definition) is 3. The average Bonchev–Trinajstić information content (AvgIpc) is 2.05. The molecule has 0 saturated carbocycles. The van der Waals surface area contributed by atoms with Gasteiger partial charge in [0.2, 0.25) is 6.41 Å². The third kappa shape index (κ3) is 1.91. The first-order valence-corrected chi connectivity index (χ1v) is 3.39. The van der Waals surface area contributed by atoms with Crippen LogP contribution in [0.4, 0.5) is 0 Å². The number of carboxylic acids is 1. The molecule has 1 rings (SSSR count). The highest BCUT2D eigenvalue weighted by Crippen LogP contribution is 1.95. The first kappa shape index (κ1) is 8.00. The van der Waals surface area contributed by atoms with Gasteiger partial charge in [-0.05, 0) is 0 Å². The number of piperazine rings is 1. The lowest BCUT2D eigenvalue weighted by atomic mass is 10.2. The van der Waals surface area contributed by atoms with Crippen LogP contribution in [0.5, 0.6) is 0 Å². The zero-order valence-electron chi connectivity index (χ0n) is 5.99. The summed E-state index contributed by atoms with van der Waals surface area (Å²) in [6.07, 6.45) is 0.677. The van der Waals surface area contributed by atoms with Crippen LogP contribution in [0.2, 0.25) is 0 Å². The van der Waals surface area contributed by atoms with Crippen molar-refractivity contribution in [2.75, 3.05) is 19.6 Å². The molecule has 0 aromatic rings. The summed E-state index contributed by atoms with van der Waals surface area (Å²) in [5.41, 5.74) is 0. The van der Waals surface area contributed by atoms with E-state index in [0.717, 1.165) is 0 Å². The Kier molecular flexibility index (Phi) is 2.43. The summed E-state index contributed by atoms with van der Waals surface area (Å²) in [5.74, 6) is -0.906. The average molecular weight is 158 g/mol. The van der Waals surface area contributed by atoms with Crippen LogP contribution in [0.25, 0.3) is 0 Å². The maximum atomic E-state index is 10.4. The number of nitrogens with zero attached hydrogens (tertiary/aromatic N) is 1. The Morgan fingerprint density at radius 1 is 1.73 bits per heavy atom. The Balaban J connectivity index is 2.45. The van der Waals surface area contributed by atoms with E-state index < -0.39 is 12.0 Å². The SMILES string of the molecule is O=CN1CCN[C@H](C(=O)O)C1. The van der Waals surface area contributed by atoms with Gasteiger partial charge in [-0.15, -0.1) is 0 Å². The van der Waals surface area contributed by atoms with E-state index in [2.05, 4.69) is 5.32 Å². The second-order valence-corrected chi connectivity index (χ2v) is 2.45. The molecule has 1 aliphatic heterocycles. The van der Waals surface area contributed by atoms with E-state index in [1.165, 1.54) is 4.90 Å². The van der Waals surface area contributed by atoms with E-state index in [4.69, 9.17) is 5.11 Å². The van der Waals surface area contributed by atoms with Crippen LogP contribution in [0.1, 0.15) is 0 Å². The van der Waals surface area contributed by atoms with Crippen LogP contribution in [-0.2, 0) is 9.59 Å². The molecule has 1 aliphatic rings. The van der Waals surface area contributed by atoms with Gasteiger partial charge < -0.3 is 15.3 Å². The molecule has 1 atom stereocenters. The molecular weight excluding hydrogens is 148 g/mol. The predicted molar refractivity (Wildman–Crippen MR) is 37.1 cm³/mol. The molecule has 1 saturated heterocycles. The number of carbonyl (C=O) groups excluding carboxylic acids is 1. The minimum atomic E-state index is -0.906. The van der Waals surface area contributed by atoms with E-state index in [-0.39, 0.29) is 6.54 Å². The van der Waals surface area contributed by atoms with Crippen LogP contribution < -0.4 is 5.32 Å². The third-order valence-corrected chi connectivity index (χ3v) is 1.65. The highest BCUT2D eigenvalue weighted by Gasteiger charge is 2.23. The fraction of sp³-hybridized carbons (Fsp3) is 0.667. The molecular formula is C6H10N2O3. The second-order valence-electron chi connectivity index (χ2n) is 2.45. The summed E-state index contributed by atoms with van der Waals surface area (Å²) < 4.78 is 0. The Morgan fingerprint density at radius 2 is 2.45 bits per heavy atom. The number of amides is 1. The highest BCUT2D eigenvalue weighted by molar-refractivity contribution is 5.74. The van der Waals surface area contributed by atoms with Crippen LogP contribution in [0, 0.1) is 0 Å². The van der Waals surface area contributed by atoms with E-state index in [1.54, 1.807) is 0 Å². The first-order valence-electron chi connectivity index (χ1n) is 3.39. The minimum absolute atomic E-state index is 0.263. The molecule has 0 aliphatic carbocycles. The Hall–Kier alpha value is -1.10. The van der Waals surface area contributed by atoms with Crippen LogP contribution >= 0.6 is 0 Å². The van der Waals surface area contributed by atoms with Crippen molar-refractivity contribution in [3.05, 3.63) is 0 Å². The Labute approximate surface area is 64.0 Å². The summed E-state index contributed by atoms with van der Waals surface area (Å²) in [7, 11) is 0. The summed E-state index contributed by atoms with van der Waals surface area (Å²) in [5, 5.41) is 11.3. The van der Waals surface area contributed by atoms with Crippen molar-refractivity contribution in [1.29, 1.82) is 0 Å². The third-order valence-electron chi connectivity index (χ3n) is 1.65. The zero-order chi connectivity index (χ0) is 8.27. The van der Waals surface area contributed by atoms with E-state index in [1.807, 2.05) is 0 Å². The van der Waals surface area contributed by atoms with Crippen LogP contribution in [-0.4, -0.2) is 48.1 Å². The van der Waals surface area contributed by atoms with Gasteiger partial charge in [0.15, 0.2) is 0 Å². The monoisotopic (exact) mass is 158 g/mol. The van der Waals surface area contributed by atoms with Gasteiger partial charge in [-0.2, -0.15) is 0 Å². The van der Waals surface area contributed by atoms with Gasteiger partial charge in [0, 0.05) is 19.6 Å². The Bertz CT molecular complexity index is 171.